The first-order valence-electron chi connectivity index (χ1n) is 12.4. The SMILES string of the molecule is NC(=O)CC(NC(=O)C(Cc1ccccc1)NC(=O)C(CCC(=O)O)NC(=O)C(N)Cc1ccccc1)C(=O)O. The molecule has 0 aliphatic heterocycles. The summed E-state index contributed by atoms with van der Waals surface area (Å²) in [6.45, 7) is 0. The van der Waals surface area contributed by atoms with E-state index in [4.69, 9.17) is 16.6 Å². The summed E-state index contributed by atoms with van der Waals surface area (Å²) in [4.78, 5) is 73.1. The zero-order chi connectivity index (χ0) is 29.7. The maximum absolute atomic E-state index is 13.2. The van der Waals surface area contributed by atoms with Crippen LogP contribution in [0.25, 0.3) is 0 Å². The van der Waals surface area contributed by atoms with Gasteiger partial charge in [-0.2, -0.15) is 0 Å². The van der Waals surface area contributed by atoms with Gasteiger partial charge in [0, 0.05) is 12.8 Å². The van der Waals surface area contributed by atoms with Gasteiger partial charge in [-0.3, -0.25) is 24.0 Å². The molecule has 0 heterocycles. The van der Waals surface area contributed by atoms with Gasteiger partial charge in [0.05, 0.1) is 12.5 Å². The molecule has 4 unspecified atom stereocenters. The first kappa shape index (κ1) is 31.4. The van der Waals surface area contributed by atoms with Gasteiger partial charge in [0.15, 0.2) is 0 Å². The summed E-state index contributed by atoms with van der Waals surface area (Å²) in [7, 11) is 0. The topological polar surface area (TPSA) is 231 Å². The highest BCUT2D eigenvalue weighted by molar-refractivity contribution is 5.95. The molecule has 13 heteroatoms. The number of carboxylic acid groups (broad SMARTS) is 2. The van der Waals surface area contributed by atoms with E-state index < -0.39 is 72.6 Å². The van der Waals surface area contributed by atoms with Crippen LogP contribution < -0.4 is 27.4 Å². The first-order chi connectivity index (χ1) is 19.0. The van der Waals surface area contributed by atoms with Crippen molar-refractivity contribution in [2.45, 2.75) is 56.3 Å². The van der Waals surface area contributed by atoms with Gasteiger partial charge in [-0.15, -0.1) is 0 Å². The fourth-order valence-electron chi connectivity index (χ4n) is 3.78. The van der Waals surface area contributed by atoms with Crippen molar-refractivity contribution >= 4 is 35.6 Å². The van der Waals surface area contributed by atoms with E-state index in [2.05, 4.69) is 16.0 Å². The lowest BCUT2D eigenvalue weighted by atomic mass is 10.0. The third-order valence-electron chi connectivity index (χ3n) is 5.85. The Morgan fingerprint density at radius 2 is 1.15 bits per heavy atom. The Morgan fingerprint density at radius 3 is 1.65 bits per heavy atom. The Balaban J connectivity index is 2.22. The molecule has 0 aliphatic carbocycles. The van der Waals surface area contributed by atoms with Crippen molar-refractivity contribution in [3.8, 4) is 0 Å². The van der Waals surface area contributed by atoms with Gasteiger partial charge in [0.2, 0.25) is 23.6 Å². The molecule has 13 nitrogen and oxygen atoms in total. The van der Waals surface area contributed by atoms with Crippen molar-refractivity contribution in [3.63, 3.8) is 0 Å². The number of hydrogen-bond donors (Lipinski definition) is 7. The summed E-state index contributed by atoms with van der Waals surface area (Å²) in [5.74, 6) is -6.18. The second-order valence-corrected chi connectivity index (χ2v) is 9.11. The highest BCUT2D eigenvalue weighted by Crippen LogP contribution is 2.08. The van der Waals surface area contributed by atoms with E-state index in [1.807, 2.05) is 0 Å². The first-order valence-corrected chi connectivity index (χ1v) is 12.4. The maximum Gasteiger partial charge on any atom is 0.326 e. The van der Waals surface area contributed by atoms with E-state index >= 15 is 0 Å². The zero-order valence-corrected chi connectivity index (χ0v) is 21.6. The van der Waals surface area contributed by atoms with E-state index in [1.54, 1.807) is 60.7 Å². The minimum absolute atomic E-state index is 0.0750. The van der Waals surface area contributed by atoms with Crippen LogP contribution in [0, 0.1) is 0 Å². The van der Waals surface area contributed by atoms with Crippen molar-refractivity contribution in [2.75, 3.05) is 0 Å². The summed E-state index contributed by atoms with van der Waals surface area (Å²) in [6.07, 6.45) is -1.36. The highest BCUT2D eigenvalue weighted by atomic mass is 16.4. The van der Waals surface area contributed by atoms with E-state index in [0.717, 1.165) is 5.56 Å². The predicted molar refractivity (Wildman–Crippen MR) is 142 cm³/mol. The Morgan fingerprint density at radius 1 is 0.675 bits per heavy atom. The number of primary amides is 1. The fourth-order valence-corrected chi connectivity index (χ4v) is 3.78. The molecule has 0 radical (unpaired) electrons. The summed E-state index contributed by atoms with van der Waals surface area (Å²) >= 11 is 0. The molecule has 4 amide bonds. The quantitative estimate of drug-likeness (QED) is 0.135. The molecule has 0 aromatic heterocycles. The molecule has 0 fully saturated rings. The van der Waals surface area contributed by atoms with Gasteiger partial charge in [-0.25, -0.2) is 4.79 Å². The van der Waals surface area contributed by atoms with Crippen LogP contribution in [0.15, 0.2) is 60.7 Å². The van der Waals surface area contributed by atoms with E-state index in [-0.39, 0.29) is 19.3 Å². The van der Waals surface area contributed by atoms with Crippen LogP contribution in [0.3, 0.4) is 0 Å². The van der Waals surface area contributed by atoms with Gasteiger partial charge in [0.1, 0.15) is 18.1 Å². The van der Waals surface area contributed by atoms with Gasteiger partial charge in [-0.1, -0.05) is 60.7 Å². The number of carbonyl (C=O) groups is 6. The number of nitrogens with one attached hydrogen (secondary N) is 3. The molecule has 214 valence electrons. The molecule has 0 saturated carbocycles. The Bertz CT molecular complexity index is 1190. The van der Waals surface area contributed by atoms with Crippen molar-refractivity contribution < 1.29 is 39.0 Å². The lowest BCUT2D eigenvalue weighted by Gasteiger charge is -2.25. The molecule has 2 aromatic rings. The summed E-state index contributed by atoms with van der Waals surface area (Å²) in [5, 5.41) is 25.6. The van der Waals surface area contributed by atoms with E-state index in [0.29, 0.717) is 5.56 Å². The third-order valence-corrected chi connectivity index (χ3v) is 5.85. The molecule has 0 spiro atoms. The van der Waals surface area contributed by atoms with Crippen molar-refractivity contribution in [1.82, 2.24) is 16.0 Å². The third kappa shape index (κ3) is 10.9. The lowest BCUT2D eigenvalue weighted by molar-refractivity contribution is -0.143. The summed E-state index contributed by atoms with van der Waals surface area (Å²) < 4.78 is 0. The number of carboxylic acids is 2. The number of aliphatic carboxylic acids is 2. The minimum Gasteiger partial charge on any atom is -0.481 e. The largest absolute Gasteiger partial charge is 0.481 e. The fraction of sp³-hybridized carbons (Fsp3) is 0.333. The molecule has 2 aromatic carbocycles. The van der Waals surface area contributed by atoms with Gasteiger partial charge < -0.3 is 37.6 Å². The molecule has 2 rings (SSSR count). The summed E-state index contributed by atoms with van der Waals surface area (Å²) in [6, 6.07) is 12.0. The van der Waals surface area contributed by atoms with Crippen LogP contribution in [0.2, 0.25) is 0 Å². The highest BCUT2D eigenvalue weighted by Gasteiger charge is 2.31. The maximum atomic E-state index is 13.2. The van der Waals surface area contributed by atoms with Crippen molar-refractivity contribution in [3.05, 3.63) is 71.8 Å². The predicted octanol–water partition coefficient (Wildman–Crippen LogP) is -0.922. The zero-order valence-electron chi connectivity index (χ0n) is 21.6. The Labute approximate surface area is 230 Å². The van der Waals surface area contributed by atoms with Crippen LogP contribution in [0.1, 0.15) is 30.4 Å². The number of hydrogen-bond acceptors (Lipinski definition) is 7. The van der Waals surface area contributed by atoms with Crippen LogP contribution in [0.5, 0.6) is 0 Å². The van der Waals surface area contributed by atoms with Crippen LogP contribution in [0.4, 0.5) is 0 Å². The molecular formula is C27H33N5O8. The van der Waals surface area contributed by atoms with Gasteiger partial charge >= 0.3 is 11.9 Å². The van der Waals surface area contributed by atoms with Gasteiger partial charge in [0.25, 0.3) is 0 Å². The lowest BCUT2D eigenvalue weighted by Crippen LogP contribution is -2.58. The second-order valence-electron chi connectivity index (χ2n) is 9.11. The molecule has 0 saturated heterocycles. The molecule has 4 atom stereocenters. The number of amides is 4. The number of nitrogens with two attached hydrogens (primary N) is 2. The van der Waals surface area contributed by atoms with Crippen LogP contribution in [-0.2, 0) is 41.6 Å². The average Bonchev–Trinajstić information content (AvgIpc) is 2.90. The van der Waals surface area contributed by atoms with E-state index in [9.17, 15) is 33.9 Å². The molecule has 40 heavy (non-hydrogen) atoms. The Hall–Kier alpha value is -4.78. The number of rotatable bonds is 16. The number of benzene rings is 2. The minimum atomic E-state index is -1.64. The number of carbonyl (C=O) groups excluding carboxylic acids is 4. The summed E-state index contributed by atoms with van der Waals surface area (Å²) in [5.41, 5.74) is 12.5. The van der Waals surface area contributed by atoms with E-state index in [1.165, 1.54) is 0 Å². The molecule has 9 N–H and O–H groups in total. The van der Waals surface area contributed by atoms with Crippen molar-refractivity contribution in [1.29, 1.82) is 0 Å². The van der Waals surface area contributed by atoms with Gasteiger partial charge in [-0.05, 0) is 24.0 Å². The Kier molecular flexibility index (Phi) is 12.3. The normalized spacial score (nSPS) is 13.6. The van der Waals surface area contributed by atoms with Crippen LogP contribution in [-0.4, -0.2) is 69.9 Å². The molecular weight excluding hydrogens is 522 g/mol. The monoisotopic (exact) mass is 555 g/mol. The van der Waals surface area contributed by atoms with Crippen molar-refractivity contribution in [2.24, 2.45) is 11.5 Å². The molecule has 0 bridgehead atoms. The smallest absolute Gasteiger partial charge is 0.326 e. The second kappa shape index (κ2) is 15.6. The standard InChI is InChI=1S/C27H33N5O8/c28-18(13-16-7-3-1-4-8-16)24(36)30-19(11-12-23(34)35)25(37)31-20(14-17-9-5-2-6-10-17)26(38)32-21(27(39)40)15-22(29)33/h1-10,18-21H,11-15,28H2,(H2,29,33)(H,30,36)(H,31,37)(H,32,38)(H,34,35)(H,39,40). The molecule has 0 aliphatic rings. The van der Waals surface area contributed by atoms with Crippen LogP contribution >= 0.6 is 0 Å². The average molecular weight is 556 g/mol.